The Bertz CT molecular complexity index is 1110. The van der Waals surface area contributed by atoms with E-state index in [1.54, 1.807) is 6.20 Å². The molecule has 2 aromatic heterocycles. The molecule has 33 heavy (non-hydrogen) atoms. The summed E-state index contributed by atoms with van der Waals surface area (Å²) in [4.78, 5) is 25.8. The minimum absolute atomic E-state index is 0.141. The maximum absolute atomic E-state index is 13.5. The highest BCUT2D eigenvalue weighted by Gasteiger charge is 2.30. The van der Waals surface area contributed by atoms with Crippen LogP contribution < -0.4 is 4.90 Å². The molecule has 172 valence electrons. The molecule has 1 saturated carbocycles. The van der Waals surface area contributed by atoms with Gasteiger partial charge in [-0.2, -0.15) is 0 Å². The topological polar surface area (TPSA) is 52.2 Å². The summed E-state index contributed by atoms with van der Waals surface area (Å²) < 4.78 is 0. The van der Waals surface area contributed by atoms with Gasteiger partial charge in [0.05, 0.1) is 0 Å². The molecule has 5 nitrogen and oxygen atoms in total. The summed E-state index contributed by atoms with van der Waals surface area (Å²) in [7, 11) is 0. The maximum atomic E-state index is 13.5. The molecule has 1 aliphatic heterocycles. The van der Waals surface area contributed by atoms with Crippen molar-refractivity contribution in [2.75, 3.05) is 24.5 Å². The molecule has 3 heterocycles. The summed E-state index contributed by atoms with van der Waals surface area (Å²) in [5, 5.41) is 1.30. The first-order chi connectivity index (χ1) is 16.2. The molecular formula is C28H34N4O. The second kappa shape index (κ2) is 9.92. The Morgan fingerprint density at radius 2 is 2.03 bits per heavy atom. The van der Waals surface area contributed by atoms with Gasteiger partial charge in [0.15, 0.2) is 0 Å². The highest BCUT2D eigenvalue weighted by atomic mass is 16.2. The van der Waals surface area contributed by atoms with Crippen molar-refractivity contribution in [2.45, 2.75) is 51.5 Å². The molecule has 1 atom stereocenters. The van der Waals surface area contributed by atoms with Gasteiger partial charge in [0, 0.05) is 54.9 Å². The standard InChI is InChI=1S/C28H34N4O/c1-21(20-32(27-12-5-6-16-30-27)28(33)23-8-3-2-4-9-23)31-18-14-22(15-19-31)24-10-7-11-26-25(24)13-17-29-26/h5-7,10-14,16-17,21,23,29H,2-4,8-9,15,18-20H2,1H3. The lowest BCUT2D eigenvalue weighted by Gasteiger charge is -2.36. The third kappa shape index (κ3) is 4.74. The van der Waals surface area contributed by atoms with E-state index in [2.05, 4.69) is 52.1 Å². The summed E-state index contributed by atoms with van der Waals surface area (Å²) in [5.74, 6) is 1.18. The van der Waals surface area contributed by atoms with Crippen LogP contribution in [0.2, 0.25) is 0 Å². The van der Waals surface area contributed by atoms with Gasteiger partial charge in [-0.1, -0.05) is 43.5 Å². The minimum atomic E-state index is 0.141. The van der Waals surface area contributed by atoms with Gasteiger partial charge in [0.2, 0.25) is 5.91 Å². The van der Waals surface area contributed by atoms with E-state index < -0.39 is 0 Å². The number of carbonyl (C=O) groups excluding carboxylic acids is 1. The number of H-pyrrole nitrogens is 1. The normalized spacial score (nSPS) is 18.8. The van der Waals surface area contributed by atoms with Crippen LogP contribution in [0.3, 0.4) is 0 Å². The summed E-state index contributed by atoms with van der Waals surface area (Å²) in [6, 6.07) is 14.8. The van der Waals surface area contributed by atoms with Crippen molar-refractivity contribution in [3.05, 3.63) is 66.5 Å². The average molecular weight is 443 g/mol. The first-order valence-electron chi connectivity index (χ1n) is 12.4. The van der Waals surface area contributed by atoms with Crippen molar-refractivity contribution in [1.82, 2.24) is 14.9 Å². The number of amides is 1. The molecule has 1 amide bonds. The quantitative estimate of drug-likeness (QED) is 0.536. The molecule has 1 fully saturated rings. The van der Waals surface area contributed by atoms with Crippen LogP contribution in [-0.2, 0) is 4.79 Å². The number of anilines is 1. The average Bonchev–Trinajstić information content (AvgIpc) is 3.37. The second-order valence-corrected chi connectivity index (χ2v) is 9.54. The fourth-order valence-corrected chi connectivity index (χ4v) is 5.45. The van der Waals surface area contributed by atoms with E-state index in [4.69, 9.17) is 0 Å². The number of aromatic amines is 1. The van der Waals surface area contributed by atoms with Crippen molar-refractivity contribution < 1.29 is 4.79 Å². The van der Waals surface area contributed by atoms with Gasteiger partial charge in [0.25, 0.3) is 0 Å². The second-order valence-electron chi connectivity index (χ2n) is 9.54. The Morgan fingerprint density at radius 1 is 1.15 bits per heavy atom. The minimum Gasteiger partial charge on any atom is -0.361 e. The number of pyridine rings is 1. The monoisotopic (exact) mass is 442 g/mol. The Balaban J connectivity index is 1.30. The van der Waals surface area contributed by atoms with Crippen LogP contribution >= 0.6 is 0 Å². The fraction of sp³-hybridized carbons (Fsp3) is 0.429. The van der Waals surface area contributed by atoms with Crippen molar-refractivity contribution in [1.29, 1.82) is 0 Å². The Morgan fingerprint density at radius 3 is 2.79 bits per heavy atom. The van der Waals surface area contributed by atoms with E-state index in [0.29, 0.717) is 6.54 Å². The number of aromatic nitrogens is 2. The molecule has 5 heteroatoms. The number of hydrogen-bond donors (Lipinski definition) is 1. The molecule has 2 aliphatic rings. The van der Waals surface area contributed by atoms with Gasteiger partial charge in [-0.05, 0) is 61.6 Å². The number of nitrogens with one attached hydrogen (secondary N) is 1. The molecule has 0 bridgehead atoms. The van der Waals surface area contributed by atoms with Crippen molar-refractivity contribution in [3.63, 3.8) is 0 Å². The molecule has 1 N–H and O–H groups in total. The van der Waals surface area contributed by atoms with Gasteiger partial charge in [-0.3, -0.25) is 14.6 Å². The molecule has 5 rings (SSSR count). The van der Waals surface area contributed by atoms with E-state index in [1.165, 1.54) is 28.5 Å². The molecule has 0 saturated heterocycles. The van der Waals surface area contributed by atoms with Crippen LogP contribution in [0.25, 0.3) is 16.5 Å². The van der Waals surface area contributed by atoms with Gasteiger partial charge in [0.1, 0.15) is 5.82 Å². The highest BCUT2D eigenvalue weighted by Crippen LogP contribution is 2.30. The number of hydrogen-bond acceptors (Lipinski definition) is 3. The number of carbonyl (C=O) groups is 1. The van der Waals surface area contributed by atoms with Crippen LogP contribution in [0.5, 0.6) is 0 Å². The van der Waals surface area contributed by atoms with Gasteiger partial charge < -0.3 is 4.98 Å². The van der Waals surface area contributed by atoms with Gasteiger partial charge in [-0.15, -0.1) is 0 Å². The van der Waals surface area contributed by atoms with Crippen LogP contribution in [0.4, 0.5) is 5.82 Å². The van der Waals surface area contributed by atoms with Gasteiger partial charge in [-0.25, -0.2) is 4.98 Å². The molecular weight excluding hydrogens is 408 g/mol. The molecule has 1 aromatic carbocycles. The lowest BCUT2D eigenvalue weighted by atomic mass is 9.88. The van der Waals surface area contributed by atoms with E-state index >= 15 is 0 Å². The summed E-state index contributed by atoms with van der Waals surface area (Å²) in [6.07, 6.45) is 12.8. The maximum Gasteiger partial charge on any atom is 0.231 e. The molecule has 1 aliphatic carbocycles. The highest BCUT2D eigenvalue weighted by molar-refractivity contribution is 5.94. The van der Waals surface area contributed by atoms with Crippen molar-refractivity contribution in [3.8, 4) is 0 Å². The number of rotatable bonds is 6. The molecule has 1 unspecified atom stereocenters. The fourth-order valence-electron chi connectivity index (χ4n) is 5.45. The summed E-state index contributed by atoms with van der Waals surface area (Å²) >= 11 is 0. The SMILES string of the molecule is CC(CN(C(=O)C1CCCCC1)c1ccccn1)N1CC=C(c2cccc3[nH]ccc23)CC1. The summed E-state index contributed by atoms with van der Waals surface area (Å²) in [5.41, 5.74) is 3.95. The first-order valence-corrected chi connectivity index (χ1v) is 12.4. The van der Waals surface area contributed by atoms with Crippen LogP contribution in [0, 0.1) is 5.92 Å². The summed E-state index contributed by atoms with van der Waals surface area (Å²) in [6.45, 7) is 4.84. The van der Waals surface area contributed by atoms with Crippen molar-refractivity contribution >= 4 is 28.2 Å². The zero-order chi connectivity index (χ0) is 22.6. The first kappa shape index (κ1) is 21.9. The predicted molar refractivity (Wildman–Crippen MR) is 135 cm³/mol. The smallest absolute Gasteiger partial charge is 0.231 e. The third-order valence-corrected chi connectivity index (χ3v) is 7.40. The number of nitrogens with zero attached hydrogens (tertiary/aromatic N) is 3. The molecule has 0 spiro atoms. The van der Waals surface area contributed by atoms with Crippen molar-refractivity contribution in [2.24, 2.45) is 5.92 Å². The Hall–Kier alpha value is -2.92. The van der Waals surface area contributed by atoms with E-state index in [-0.39, 0.29) is 17.9 Å². The Labute approximate surface area is 196 Å². The van der Waals surface area contributed by atoms with E-state index in [0.717, 1.165) is 51.0 Å². The lowest BCUT2D eigenvalue weighted by molar-refractivity contribution is -0.123. The van der Waals surface area contributed by atoms with Gasteiger partial charge >= 0.3 is 0 Å². The van der Waals surface area contributed by atoms with Crippen LogP contribution in [0.15, 0.2) is 60.9 Å². The third-order valence-electron chi connectivity index (χ3n) is 7.40. The van der Waals surface area contributed by atoms with Crippen LogP contribution in [-0.4, -0.2) is 46.5 Å². The number of benzene rings is 1. The predicted octanol–water partition coefficient (Wildman–Crippen LogP) is 5.65. The largest absolute Gasteiger partial charge is 0.361 e. The number of fused-ring (bicyclic) bond motifs is 1. The molecule has 0 radical (unpaired) electrons. The Kier molecular flexibility index (Phi) is 6.58. The molecule has 3 aromatic rings. The van der Waals surface area contributed by atoms with Crippen LogP contribution in [0.1, 0.15) is 51.0 Å². The van der Waals surface area contributed by atoms with E-state index in [9.17, 15) is 4.79 Å². The van der Waals surface area contributed by atoms with E-state index in [1.807, 2.05) is 29.3 Å². The zero-order valence-corrected chi connectivity index (χ0v) is 19.5. The lowest BCUT2D eigenvalue weighted by Crippen LogP contribution is -2.48. The zero-order valence-electron chi connectivity index (χ0n) is 19.5.